The molecular formula is C28H38N4O. The number of nitrogens with zero attached hydrogens (tertiary/aromatic N) is 3. The largest absolute Gasteiger partial charge is 0.377 e. The lowest BCUT2D eigenvalue weighted by molar-refractivity contribution is 0.0136. The summed E-state index contributed by atoms with van der Waals surface area (Å²) in [5.74, 6) is 0. The third-order valence-electron chi connectivity index (χ3n) is 7.39. The number of ether oxygens (including phenoxy) is 1. The number of hydrogen-bond acceptors (Lipinski definition) is 4. The first-order valence-electron chi connectivity index (χ1n) is 12.7. The second kappa shape index (κ2) is 10.3. The van der Waals surface area contributed by atoms with Crippen LogP contribution in [-0.4, -0.2) is 79.3 Å². The number of anilines is 1. The van der Waals surface area contributed by atoms with Gasteiger partial charge in [0.25, 0.3) is 0 Å². The minimum atomic E-state index is 0.398. The summed E-state index contributed by atoms with van der Waals surface area (Å²) in [7, 11) is 0. The molecule has 3 heterocycles. The van der Waals surface area contributed by atoms with E-state index in [4.69, 9.17) is 4.74 Å². The summed E-state index contributed by atoms with van der Waals surface area (Å²) in [5, 5.41) is 1.26. The van der Waals surface area contributed by atoms with E-state index in [0.717, 1.165) is 39.1 Å². The maximum atomic E-state index is 6.28. The fourth-order valence-electron chi connectivity index (χ4n) is 5.23. The van der Waals surface area contributed by atoms with Crippen LogP contribution in [0.3, 0.4) is 0 Å². The number of para-hydroxylation sites is 1. The quantitative estimate of drug-likeness (QED) is 0.563. The highest BCUT2D eigenvalue weighted by Gasteiger charge is 2.22. The van der Waals surface area contributed by atoms with Crippen LogP contribution in [0.2, 0.25) is 0 Å². The molecule has 2 aromatic carbocycles. The number of aromatic amines is 1. The second-order valence-corrected chi connectivity index (χ2v) is 9.85. The minimum absolute atomic E-state index is 0.398. The molecule has 1 aromatic heterocycles. The SMILES string of the molecule is CC(C)N1CCN(CCOC2CCN(c3cccc(-c4cc5ccccc5[nH]4)c3)CC2)CC1. The standard InChI is InChI=1S/C28H38N4O/c1-22(2)31-16-14-30(15-17-31)18-19-33-26-10-12-32(13-11-26)25-8-5-7-23(20-25)28-21-24-6-3-4-9-27(24)29-28/h3-9,20-22,26,29H,10-19H2,1-2H3. The van der Waals surface area contributed by atoms with Crippen molar-refractivity contribution in [1.29, 1.82) is 0 Å². The molecule has 3 aromatic rings. The van der Waals surface area contributed by atoms with Crippen LogP contribution < -0.4 is 4.90 Å². The normalized spacial score (nSPS) is 19.1. The first kappa shape index (κ1) is 22.5. The molecule has 0 spiro atoms. The van der Waals surface area contributed by atoms with E-state index in [1.807, 2.05) is 0 Å². The van der Waals surface area contributed by atoms with Gasteiger partial charge in [-0.2, -0.15) is 0 Å². The van der Waals surface area contributed by atoms with Gasteiger partial charge in [0.05, 0.1) is 12.7 Å². The van der Waals surface area contributed by atoms with Crippen LogP contribution in [0, 0.1) is 0 Å². The lowest BCUT2D eigenvalue weighted by Crippen LogP contribution is -2.49. The molecule has 5 rings (SSSR count). The lowest BCUT2D eigenvalue weighted by atomic mass is 10.1. The average Bonchev–Trinajstić information content (AvgIpc) is 3.29. The molecule has 33 heavy (non-hydrogen) atoms. The Morgan fingerprint density at radius 1 is 0.909 bits per heavy atom. The summed E-state index contributed by atoms with van der Waals surface area (Å²) in [4.78, 5) is 11.2. The lowest BCUT2D eigenvalue weighted by Gasteiger charge is -2.37. The molecule has 0 amide bonds. The van der Waals surface area contributed by atoms with Gasteiger partial charge >= 0.3 is 0 Å². The number of nitrogens with one attached hydrogen (secondary N) is 1. The first-order chi connectivity index (χ1) is 16.2. The number of hydrogen-bond donors (Lipinski definition) is 1. The fourth-order valence-corrected chi connectivity index (χ4v) is 5.23. The zero-order valence-corrected chi connectivity index (χ0v) is 20.2. The fraction of sp³-hybridized carbons (Fsp3) is 0.500. The van der Waals surface area contributed by atoms with Gasteiger partial charge in [0, 0.05) is 74.1 Å². The first-order valence-corrected chi connectivity index (χ1v) is 12.7. The van der Waals surface area contributed by atoms with Crippen molar-refractivity contribution in [2.75, 3.05) is 57.3 Å². The van der Waals surface area contributed by atoms with E-state index < -0.39 is 0 Å². The van der Waals surface area contributed by atoms with Crippen LogP contribution in [0.1, 0.15) is 26.7 Å². The van der Waals surface area contributed by atoms with Gasteiger partial charge in [0.15, 0.2) is 0 Å². The van der Waals surface area contributed by atoms with Crippen molar-refractivity contribution in [2.45, 2.75) is 38.8 Å². The van der Waals surface area contributed by atoms with Crippen molar-refractivity contribution in [3.8, 4) is 11.3 Å². The smallest absolute Gasteiger partial charge is 0.0609 e. The summed E-state index contributed by atoms with van der Waals surface area (Å²) in [5.41, 5.74) is 4.94. The molecule has 5 heteroatoms. The molecule has 0 radical (unpaired) electrons. The summed E-state index contributed by atoms with van der Waals surface area (Å²) >= 11 is 0. The van der Waals surface area contributed by atoms with Crippen LogP contribution in [0.15, 0.2) is 54.6 Å². The number of rotatable bonds is 7. The number of fused-ring (bicyclic) bond motifs is 1. The molecule has 0 atom stereocenters. The Morgan fingerprint density at radius 2 is 1.70 bits per heavy atom. The van der Waals surface area contributed by atoms with Crippen molar-refractivity contribution < 1.29 is 4.74 Å². The monoisotopic (exact) mass is 446 g/mol. The highest BCUT2D eigenvalue weighted by atomic mass is 16.5. The van der Waals surface area contributed by atoms with Gasteiger partial charge in [0.1, 0.15) is 0 Å². The Kier molecular flexibility index (Phi) is 7.00. The van der Waals surface area contributed by atoms with Crippen molar-refractivity contribution in [1.82, 2.24) is 14.8 Å². The Hall–Kier alpha value is -2.34. The van der Waals surface area contributed by atoms with E-state index in [0.29, 0.717) is 12.1 Å². The Labute approximate surface area is 198 Å². The van der Waals surface area contributed by atoms with Gasteiger partial charge in [-0.25, -0.2) is 0 Å². The Morgan fingerprint density at radius 3 is 2.45 bits per heavy atom. The van der Waals surface area contributed by atoms with E-state index >= 15 is 0 Å². The Balaban J connectivity index is 1.09. The van der Waals surface area contributed by atoms with Crippen LogP contribution in [0.5, 0.6) is 0 Å². The van der Waals surface area contributed by atoms with Gasteiger partial charge in [-0.05, 0) is 56.5 Å². The van der Waals surface area contributed by atoms with Crippen LogP contribution in [-0.2, 0) is 4.74 Å². The molecule has 2 saturated heterocycles. The van der Waals surface area contributed by atoms with Gasteiger partial charge in [0.2, 0.25) is 0 Å². The highest BCUT2D eigenvalue weighted by Crippen LogP contribution is 2.29. The summed E-state index contributed by atoms with van der Waals surface area (Å²) in [6, 6.07) is 20.3. The van der Waals surface area contributed by atoms with Crippen LogP contribution in [0.4, 0.5) is 5.69 Å². The predicted octanol–water partition coefficient (Wildman–Crippen LogP) is 4.85. The minimum Gasteiger partial charge on any atom is -0.377 e. The molecule has 2 aliphatic rings. The van der Waals surface area contributed by atoms with E-state index in [1.54, 1.807) is 0 Å². The second-order valence-electron chi connectivity index (χ2n) is 9.85. The van der Waals surface area contributed by atoms with Crippen molar-refractivity contribution >= 4 is 16.6 Å². The molecule has 0 saturated carbocycles. The van der Waals surface area contributed by atoms with E-state index in [2.05, 4.69) is 88.1 Å². The third kappa shape index (κ3) is 5.43. The predicted molar refractivity (Wildman–Crippen MR) is 138 cm³/mol. The Bertz CT molecular complexity index is 996. The molecular weight excluding hydrogens is 408 g/mol. The average molecular weight is 447 g/mol. The number of piperazine rings is 1. The summed E-state index contributed by atoms with van der Waals surface area (Å²) in [6.07, 6.45) is 2.62. The number of H-pyrrole nitrogens is 1. The van der Waals surface area contributed by atoms with E-state index in [1.165, 1.54) is 54.0 Å². The molecule has 2 aliphatic heterocycles. The van der Waals surface area contributed by atoms with Crippen molar-refractivity contribution in [2.24, 2.45) is 0 Å². The molecule has 1 N–H and O–H groups in total. The molecule has 2 fully saturated rings. The molecule has 5 nitrogen and oxygen atoms in total. The van der Waals surface area contributed by atoms with E-state index in [-0.39, 0.29) is 0 Å². The molecule has 0 bridgehead atoms. The number of benzene rings is 2. The topological polar surface area (TPSA) is 34.7 Å². The zero-order valence-electron chi connectivity index (χ0n) is 20.2. The van der Waals surface area contributed by atoms with Gasteiger partial charge in [-0.15, -0.1) is 0 Å². The maximum Gasteiger partial charge on any atom is 0.0609 e. The molecule has 0 unspecified atom stereocenters. The maximum absolute atomic E-state index is 6.28. The van der Waals surface area contributed by atoms with Gasteiger partial charge < -0.3 is 14.6 Å². The number of piperidine rings is 1. The van der Waals surface area contributed by atoms with Crippen LogP contribution >= 0.6 is 0 Å². The van der Waals surface area contributed by atoms with Crippen LogP contribution in [0.25, 0.3) is 22.2 Å². The molecule has 176 valence electrons. The number of aromatic nitrogens is 1. The molecule has 0 aliphatic carbocycles. The van der Waals surface area contributed by atoms with E-state index in [9.17, 15) is 0 Å². The summed E-state index contributed by atoms with van der Waals surface area (Å²) < 4.78 is 6.28. The van der Waals surface area contributed by atoms with Gasteiger partial charge in [-0.3, -0.25) is 9.80 Å². The third-order valence-corrected chi connectivity index (χ3v) is 7.39. The van der Waals surface area contributed by atoms with Gasteiger partial charge in [-0.1, -0.05) is 30.3 Å². The highest BCUT2D eigenvalue weighted by molar-refractivity contribution is 5.86. The van der Waals surface area contributed by atoms with Crippen molar-refractivity contribution in [3.63, 3.8) is 0 Å². The van der Waals surface area contributed by atoms with Crippen molar-refractivity contribution in [3.05, 3.63) is 54.6 Å². The zero-order chi connectivity index (χ0) is 22.6. The summed E-state index contributed by atoms with van der Waals surface area (Å²) in [6.45, 7) is 13.4.